The number of likely N-dealkylation sites (tertiary alicyclic amines) is 1. The summed E-state index contributed by atoms with van der Waals surface area (Å²) in [4.78, 5) is 18.5. The Hall–Kier alpha value is -1.56. The van der Waals surface area contributed by atoms with Crippen LogP contribution in [0.1, 0.15) is 28.8 Å². The van der Waals surface area contributed by atoms with Gasteiger partial charge in [-0.25, -0.2) is 4.79 Å². The van der Waals surface area contributed by atoms with E-state index >= 15 is 0 Å². The van der Waals surface area contributed by atoms with Crippen molar-refractivity contribution in [3.8, 4) is 0 Å². The maximum atomic E-state index is 12.4. The van der Waals surface area contributed by atoms with Crippen molar-refractivity contribution >= 4 is 29.0 Å². The van der Waals surface area contributed by atoms with Crippen molar-refractivity contribution in [2.24, 2.45) is 0 Å². The molecule has 0 spiro atoms. The lowest BCUT2D eigenvalue weighted by Gasteiger charge is -2.40. The molecular weight excluding hydrogens is 366 g/mol. The molecule has 2 aliphatic heterocycles. The molecule has 0 bridgehead atoms. The van der Waals surface area contributed by atoms with Crippen LogP contribution in [0.2, 0.25) is 5.02 Å². The maximum Gasteiger partial charge on any atom is 0.317 e. The second-order valence-corrected chi connectivity index (χ2v) is 8.53. The average Bonchev–Trinajstić information content (AvgIpc) is 3.15. The Morgan fingerprint density at radius 1 is 1.15 bits per heavy atom. The molecule has 0 radical (unpaired) electrons. The molecule has 1 aromatic carbocycles. The molecule has 0 unspecified atom stereocenters. The van der Waals surface area contributed by atoms with E-state index in [9.17, 15) is 4.79 Å². The summed E-state index contributed by atoms with van der Waals surface area (Å²) in [6.07, 6.45) is 3.30. The second kappa shape index (κ2) is 7.99. The summed E-state index contributed by atoms with van der Waals surface area (Å²) in [7, 11) is 0. The van der Waals surface area contributed by atoms with Crippen LogP contribution in [0.4, 0.5) is 4.79 Å². The molecule has 4 rings (SSSR count). The van der Waals surface area contributed by atoms with E-state index in [2.05, 4.69) is 21.7 Å². The standard InChI is InChI=1S/C20H24ClN3OS/c21-17-3-1-15(2-4-17)13-22-20(25)23-9-5-18(6-10-23)24-11-7-19-16(14-24)8-12-26-19/h1-4,8,12,18H,5-7,9-11,13-14H2,(H,22,25). The Morgan fingerprint density at radius 2 is 1.92 bits per heavy atom. The molecule has 0 aliphatic carbocycles. The summed E-state index contributed by atoms with van der Waals surface area (Å²) < 4.78 is 0. The number of hydrogen-bond acceptors (Lipinski definition) is 3. The monoisotopic (exact) mass is 389 g/mol. The van der Waals surface area contributed by atoms with E-state index in [-0.39, 0.29) is 6.03 Å². The van der Waals surface area contributed by atoms with Gasteiger partial charge in [0.2, 0.25) is 0 Å². The van der Waals surface area contributed by atoms with Crippen LogP contribution in [-0.2, 0) is 19.5 Å². The fourth-order valence-electron chi connectivity index (χ4n) is 3.91. The number of nitrogens with zero attached hydrogens (tertiary/aromatic N) is 2. The minimum Gasteiger partial charge on any atom is -0.334 e. The fourth-order valence-corrected chi connectivity index (χ4v) is 4.92. The minimum absolute atomic E-state index is 0.0390. The number of amides is 2. The predicted molar refractivity (Wildman–Crippen MR) is 107 cm³/mol. The van der Waals surface area contributed by atoms with Crippen LogP contribution in [-0.4, -0.2) is 41.5 Å². The summed E-state index contributed by atoms with van der Waals surface area (Å²) in [5.74, 6) is 0. The number of rotatable bonds is 3. The molecule has 1 aromatic heterocycles. The van der Waals surface area contributed by atoms with Gasteiger partial charge in [0.25, 0.3) is 0 Å². The van der Waals surface area contributed by atoms with Crippen molar-refractivity contribution in [2.75, 3.05) is 19.6 Å². The molecule has 138 valence electrons. The zero-order valence-electron chi connectivity index (χ0n) is 14.8. The number of hydrogen-bond donors (Lipinski definition) is 1. The highest BCUT2D eigenvalue weighted by atomic mass is 35.5. The Balaban J connectivity index is 1.24. The smallest absolute Gasteiger partial charge is 0.317 e. The van der Waals surface area contributed by atoms with Gasteiger partial charge in [0.1, 0.15) is 0 Å². The van der Waals surface area contributed by atoms with Gasteiger partial charge in [-0.05, 0) is 54.0 Å². The van der Waals surface area contributed by atoms with Gasteiger partial charge in [-0.3, -0.25) is 4.90 Å². The van der Waals surface area contributed by atoms with Crippen LogP contribution in [0.15, 0.2) is 35.7 Å². The second-order valence-electron chi connectivity index (χ2n) is 7.09. The molecule has 2 amide bonds. The van der Waals surface area contributed by atoms with Gasteiger partial charge in [-0.15, -0.1) is 11.3 Å². The van der Waals surface area contributed by atoms with Crippen molar-refractivity contribution in [1.82, 2.24) is 15.1 Å². The van der Waals surface area contributed by atoms with Gasteiger partial charge in [0, 0.05) is 48.7 Å². The normalized spacial score (nSPS) is 18.6. The highest BCUT2D eigenvalue weighted by Crippen LogP contribution is 2.28. The lowest BCUT2D eigenvalue weighted by molar-refractivity contribution is 0.108. The van der Waals surface area contributed by atoms with E-state index in [1.54, 1.807) is 4.88 Å². The van der Waals surface area contributed by atoms with Gasteiger partial charge in [0.15, 0.2) is 0 Å². The van der Waals surface area contributed by atoms with Gasteiger partial charge in [-0.2, -0.15) is 0 Å². The SMILES string of the molecule is O=C(NCc1ccc(Cl)cc1)N1CCC(N2CCc3sccc3C2)CC1. The van der Waals surface area contributed by atoms with E-state index in [1.807, 2.05) is 40.5 Å². The van der Waals surface area contributed by atoms with Crippen LogP contribution in [0.5, 0.6) is 0 Å². The van der Waals surface area contributed by atoms with E-state index in [4.69, 9.17) is 11.6 Å². The van der Waals surface area contributed by atoms with Crippen molar-refractivity contribution in [3.05, 3.63) is 56.7 Å². The number of halogens is 1. The minimum atomic E-state index is 0.0390. The highest BCUT2D eigenvalue weighted by molar-refractivity contribution is 7.10. The Bertz CT molecular complexity index is 753. The third-order valence-electron chi connectivity index (χ3n) is 5.46. The van der Waals surface area contributed by atoms with Crippen LogP contribution >= 0.6 is 22.9 Å². The van der Waals surface area contributed by atoms with Gasteiger partial charge < -0.3 is 10.2 Å². The van der Waals surface area contributed by atoms with Crippen molar-refractivity contribution < 1.29 is 4.79 Å². The van der Waals surface area contributed by atoms with E-state index in [0.717, 1.165) is 49.6 Å². The Morgan fingerprint density at radius 3 is 2.69 bits per heavy atom. The number of carbonyl (C=O) groups excluding carboxylic acids is 1. The molecule has 3 heterocycles. The summed E-state index contributed by atoms with van der Waals surface area (Å²) in [5, 5.41) is 5.95. The zero-order chi connectivity index (χ0) is 17.9. The average molecular weight is 390 g/mol. The quantitative estimate of drug-likeness (QED) is 0.856. The van der Waals surface area contributed by atoms with Gasteiger partial charge in [0.05, 0.1) is 0 Å². The zero-order valence-corrected chi connectivity index (χ0v) is 16.4. The first-order valence-corrected chi connectivity index (χ1v) is 10.5. The third kappa shape index (κ3) is 4.05. The first-order valence-electron chi connectivity index (χ1n) is 9.25. The number of nitrogens with one attached hydrogen (secondary N) is 1. The summed E-state index contributed by atoms with van der Waals surface area (Å²) >= 11 is 7.78. The highest BCUT2D eigenvalue weighted by Gasteiger charge is 2.29. The summed E-state index contributed by atoms with van der Waals surface area (Å²) in [6.45, 7) is 4.45. The van der Waals surface area contributed by atoms with Crippen LogP contribution in [0.3, 0.4) is 0 Å². The van der Waals surface area contributed by atoms with Crippen LogP contribution in [0, 0.1) is 0 Å². The van der Waals surface area contributed by atoms with Crippen LogP contribution < -0.4 is 5.32 Å². The first-order chi connectivity index (χ1) is 12.7. The molecular formula is C20H24ClN3OS. The summed E-state index contributed by atoms with van der Waals surface area (Å²) in [6, 6.07) is 10.5. The molecule has 0 saturated carbocycles. The Labute approximate surface area is 163 Å². The third-order valence-corrected chi connectivity index (χ3v) is 6.74. The van der Waals surface area contributed by atoms with Crippen molar-refractivity contribution in [1.29, 1.82) is 0 Å². The maximum absolute atomic E-state index is 12.4. The van der Waals surface area contributed by atoms with Crippen molar-refractivity contribution in [3.63, 3.8) is 0 Å². The van der Waals surface area contributed by atoms with E-state index < -0.39 is 0 Å². The number of piperidine rings is 1. The molecule has 26 heavy (non-hydrogen) atoms. The summed E-state index contributed by atoms with van der Waals surface area (Å²) in [5.41, 5.74) is 2.57. The van der Waals surface area contributed by atoms with E-state index in [0.29, 0.717) is 12.6 Å². The molecule has 0 atom stereocenters. The Kier molecular flexibility index (Phi) is 5.48. The van der Waals surface area contributed by atoms with Crippen molar-refractivity contribution in [2.45, 2.75) is 38.4 Å². The lowest BCUT2D eigenvalue weighted by atomic mass is 10.00. The molecule has 1 fully saturated rings. The largest absolute Gasteiger partial charge is 0.334 e. The molecule has 1 N–H and O–H groups in total. The number of benzene rings is 1. The molecule has 1 saturated heterocycles. The molecule has 4 nitrogen and oxygen atoms in total. The van der Waals surface area contributed by atoms with E-state index in [1.165, 1.54) is 12.0 Å². The number of fused-ring (bicyclic) bond motifs is 1. The molecule has 6 heteroatoms. The van der Waals surface area contributed by atoms with Gasteiger partial charge in [-0.1, -0.05) is 23.7 Å². The van der Waals surface area contributed by atoms with Crippen LogP contribution in [0.25, 0.3) is 0 Å². The number of thiophene rings is 1. The first kappa shape index (κ1) is 17.8. The van der Waals surface area contributed by atoms with Gasteiger partial charge >= 0.3 is 6.03 Å². The number of urea groups is 1. The molecule has 2 aromatic rings. The fraction of sp³-hybridized carbons (Fsp3) is 0.450. The lowest BCUT2D eigenvalue weighted by Crippen LogP contribution is -2.50. The topological polar surface area (TPSA) is 35.6 Å². The molecule has 2 aliphatic rings. The predicted octanol–water partition coefficient (Wildman–Crippen LogP) is 4.13. The number of carbonyl (C=O) groups is 1.